The number of hydrogen-bond acceptors (Lipinski definition) is 4. The molecule has 12 heavy (non-hydrogen) atoms. The van der Waals surface area contributed by atoms with Crippen LogP contribution in [0.25, 0.3) is 0 Å². The average Bonchev–Trinajstić information content (AvgIpc) is 2.48. The summed E-state index contributed by atoms with van der Waals surface area (Å²) in [7, 11) is 1.71. The minimum absolute atomic E-state index is 0.229. The van der Waals surface area contributed by atoms with Gasteiger partial charge in [0.25, 0.3) is 0 Å². The zero-order valence-corrected chi connectivity index (χ0v) is 7.65. The van der Waals surface area contributed by atoms with Gasteiger partial charge >= 0.3 is 0 Å². The van der Waals surface area contributed by atoms with Gasteiger partial charge in [0, 0.05) is 19.0 Å². The Hall–Kier alpha value is -0.520. The van der Waals surface area contributed by atoms with Crippen molar-refractivity contribution < 1.29 is 10.2 Å². The molecule has 0 fully saturated rings. The highest BCUT2D eigenvalue weighted by atomic mass is 32.1. The Bertz CT molecular complexity index is 251. The third-order valence-corrected chi connectivity index (χ3v) is 2.09. The van der Waals surface area contributed by atoms with E-state index >= 15 is 0 Å². The fourth-order valence-electron chi connectivity index (χ4n) is 0.971. The van der Waals surface area contributed by atoms with Crippen LogP contribution in [0.5, 0.6) is 0 Å². The smallest absolute Gasteiger partial charge is 0.122 e. The summed E-state index contributed by atoms with van der Waals surface area (Å²) in [6.07, 6.45) is -0.178. The van der Waals surface area contributed by atoms with Crippen molar-refractivity contribution in [1.82, 2.24) is 9.78 Å². The molecular weight excluding hydrogens is 176 g/mol. The molecule has 4 nitrogen and oxygen atoms in total. The third kappa shape index (κ3) is 1.80. The van der Waals surface area contributed by atoms with Crippen molar-refractivity contribution in [3.63, 3.8) is 0 Å². The maximum Gasteiger partial charge on any atom is 0.122 e. The van der Waals surface area contributed by atoms with E-state index in [1.54, 1.807) is 19.3 Å². The number of nitrogens with zero attached hydrogens (tertiary/aromatic N) is 2. The fraction of sp³-hybridized carbons (Fsp3) is 0.571. The van der Waals surface area contributed by atoms with Gasteiger partial charge in [-0.1, -0.05) is 0 Å². The highest BCUT2D eigenvalue weighted by Gasteiger charge is 2.19. The molecular formula is C7H12N2O2S. The molecule has 1 heterocycles. The summed E-state index contributed by atoms with van der Waals surface area (Å²) in [4.78, 5) is 0. The first kappa shape index (κ1) is 9.57. The topological polar surface area (TPSA) is 58.3 Å². The van der Waals surface area contributed by atoms with Crippen molar-refractivity contribution >= 4 is 12.6 Å². The molecule has 0 bridgehead atoms. The van der Waals surface area contributed by atoms with E-state index in [9.17, 15) is 10.2 Å². The van der Waals surface area contributed by atoms with Gasteiger partial charge in [-0.15, -0.1) is 0 Å². The van der Waals surface area contributed by atoms with Gasteiger partial charge in [-0.05, 0) is 6.07 Å². The zero-order valence-electron chi connectivity index (χ0n) is 6.75. The molecule has 0 spiro atoms. The molecule has 0 radical (unpaired) electrons. The predicted octanol–water partition coefficient (Wildman–Crippen LogP) is -0.256. The van der Waals surface area contributed by atoms with Crippen molar-refractivity contribution in [2.24, 2.45) is 7.05 Å². The summed E-state index contributed by atoms with van der Waals surface area (Å²) in [5, 5.41) is 22.6. The Balaban J connectivity index is 2.77. The molecule has 2 atom stereocenters. The Morgan fingerprint density at radius 2 is 2.33 bits per heavy atom. The molecule has 0 aromatic carbocycles. The van der Waals surface area contributed by atoms with Gasteiger partial charge < -0.3 is 10.2 Å². The van der Waals surface area contributed by atoms with Gasteiger partial charge in [-0.25, -0.2) is 0 Å². The number of aliphatic hydroxyl groups excluding tert-OH is 2. The first-order chi connectivity index (χ1) is 5.66. The van der Waals surface area contributed by atoms with E-state index < -0.39 is 12.2 Å². The molecule has 0 aliphatic heterocycles. The Labute approximate surface area is 76.2 Å². The van der Waals surface area contributed by atoms with Gasteiger partial charge in [0.1, 0.15) is 6.10 Å². The summed E-state index contributed by atoms with van der Waals surface area (Å²) < 4.78 is 1.53. The molecule has 0 saturated carbocycles. The first-order valence-corrected chi connectivity index (χ1v) is 4.25. The first-order valence-electron chi connectivity index (χ1n) is 3.61. The van der Waals surface area contributed by atoms with Crippen LogP contribution in [0.1, 0.15) is 11.8 Å². The minimum Gasteiger partial charge on any atom is -0.389 e. The number of aryl methyl sites for hydroxylation is 1. The molecule has 1 aromatic heterocycles. The van der Waals surface area contributed by atoms with E-state index in [0.717, 1.165) is 0 Å². The second-order valence-electron chi connectivity index (χ2n) is 2.57. The Morgan fingerprint density at radius 1 is 1.67 bits per heavy atom. The molecule has 1 aromatic rings. The summed E-state index contributed by atoms with van der Waals surface area (Å²) >= 11 is 3.88. The molecule has 5 heteroatoms. The predicted molar refractivity (Wildman–Crippen MR) is 48.0 cm³/mol. The van der Waals surface area contributed by atoms with Crippen LogP contribution in [0, 0.1) is 0 Å². The number of thiol groups is 1. The highest BCUT2D eigenvalue weighted by molar-refractivity contribution is 7.80. The van der Waals surface area contributed by atoms with E-state index in [1.807, 2.05) is 0 Å². The van der Waals surface area contributed by atoms with E-state index in [4.69, 9.17) is 0 Å². The summed E-state index contributed by atoms with van der Waals surface area (Å²) in [6, 6.07) is 1.66. The highest BCUT2D eigenvalue weighted by Crippen LogP contribution is 2.15. The number of hydrogen-bond donors (Lipinski definition) is 3. The van der Waals surface area contributed by atoms with E-state index in [-0.39, 0.29) is 5.75 Å². The van der Waals surface area contributed by atoms with Crippen LogP contribution in [0.3, 0.4) is 0 Å². The standard InChI is InChI=1S/C7H12N2O2S/c1-9-5(2-3-8-9)7(11)6(10)4-12/h2-3,6-7,10-12H,4H2,1H3. The monoisotopic (exact) mass is 188 g/mol. The minimum atomic E-state index is -0.907. The van der Waals surface area contributed by atoms with Crippen LogP contribution in [0.4, 0.5) is 0 Å². The molecule has 0 aliphatic rings. The molecule has 0 amide bonds. The van der Waals surface area contributed by atoms with Crippen molar-refractivity contribution in [3.05, 3.63) is 18.0 Å². The number of aliphatic hydroxyl groups is 2. The summed E-state index contributed by atoms with van der Waals surface area (Å²) in [6.45, 7) is 0. The maximum absolute atomic E-state index is 9.50. The van der Waals surface area contributed by atoms with Gasteiger partial charge in [0.15, 0.2) is 0 Å². The van der Waals surface area contributed by atoms with Gasteiger partial charge in [-0.2, -0.15) is 17.7 Å². The van der Waals surface area contributed by atoms with Crippen molar-refractivity contribution in [3.8, 4) is 0 Å². The van der Waals surface area contributed by atoms with Crippen molar-refractivity contribution in [1.29, 1.82) is 0 Å². The third-order valence-electron chi connectivity index (χ3n) is 1.71. The second kappa shape index (κ2) is 3.93. The van der Waals surface area contributed by atoms with Gasteiger partial charge in [0.2, 0.25) is 0 Å². The Kier molecular flexibility index (Phi) is 3.13. The largest absolute Gasteiger partial charge is 0.389 e. The lowest BCUT2D eigenvalue weighted by Crippen LogP contribution is -2.21. The van der Waals surface area contributed by atoms with E-state index in [0.29, 0.717) is 5.69 Å². The normalized spacial score (nSPS) is 16.0. The SMILES string of the molecule is Cn1nccc1C(O)C(O)CS. The van der Waals surface area contributed by atoms with Crippen LogP contribution in [0.15, 0.2) is 12.3 Å². The summed E-state index contributed by atoms with van der Waals surface area (Å²) in [5.74, 6) is 0.229. The van der Waals surface area contributed by atoms with Gasteiger partial charge in [-0.3, -0.25) is 4.68 Å². The molecule has 2 unspecified atom stereocenters. The second-order valence-corrected chi connectivity index (χ2v) is 2.94. The quantitative estimate of drug-likeness (QED) is 0.573. The Morgan fingerprint density at radius 3 is 2.75 bits per heavy atom. The van der Waals surface area contributed by atoms with E-state index in [1.165, 1.54) is 4.68 Å². The molecule has 0 aliphatic carbocycles. The maximum atomic E-state index is 9.50. The van der Waals surface area contributed by atoms with Crippen molar-refractivity contribution in [2.75, 3.05) is 5.75 Å². The fourth-order valence-corrected chi connectivity index (χ4v) is 1.17. The van der Waals surface area contributed by atoms with Crippen LogP contribution in [-0.2, 0) is 7.05 Å². The lowest BCUT2D eigenvalue weighted by molar-refractivity contribution is 0.0286. The molecule has 2 N–H and O–H groups in total. The lowest BCUT2D eigenvalue weighted by Gasteiger charge is -2.15. The molecule has 1 rings (SSSR count). The van der Waals surface area contributed by atoms with Gasteiger partial charge in [0.05, 0.1) is 11.8 Å². The number of aromatic nitrogens is 2. The van der Waals surface area contributed by atoms with Crippen LogP contribution < -0.4 is 0 Å². The lowest BCUT2D eigenvalue weighted by atomic mass is 10.1. The molecule has 0 saturated heterocycles. The zero-order chi connectivity index (χ0) is 9.14. The summed E-state index contributed by atoms with van der Waals surface area (Å²) in [5.41, 5.74) is 0.594. The number of rotatable bonds is 3. The van der Waals surface area contributed by atoms with Crippen molar-refractivity contribution in [2.45, 2.75) is 12.2 Å². The van der Waals surface area contributed by atoms with Crippen LogP contribution in [0.2, 0.25) is 0 Å². The van der Waals surface area contributed by atoms with E-state index in [2.05, 4.69) is 17.7 Å². The van der Waals surface area contributed by atoms with Crippen LogP contribution >= 0.6 is 12.6 Å². The molecule has 68 valence electrons. The average molecular weight is 188 g/mol. The van der Waals surface area contributed by atoms with Crippen LogP contribution in [-0.4, -0.2) is 31.9 Å².